The molecule has 0 radical (unpaired) electrons. The fourth-order valence-electron chi connectivity index (χ4n) is 3.61. The van der Waals surface area contributed by atoms with Crippen LogP contribution in [0.5, 0.6) is 5.75 Å². The highest BCUT2D eigenvalue weighted by atomic mass is 16.5. The lowest BCUT2D eigenvalue weighted by atomic mass is 10.0. The molecule has 128 valence electrons. The number of hydrogen-bond acceptors (Lipinski definition) is 3. The quantitative estimate of drug-likeness (QED) is 0.791. The summed E-state index contributed by atoms with van der Waals surface area (Å²) in [5.41, 5.74) is 3.67. The number of H-pyrrole nitrogens is 1. The van der Waals surface area contributed by atoms with Crippen LogP contribution >= 0.6 is 0 Å². The molecule has 1 aliphatic heterocycles. The molecule has 2 aromatic carbocycles. The number of nitrogens with one attached hydrogen (secondary N) is 1. The van der Waals surface area contributed by atoms with Gasteiger partial charge in [-0.1, -0.05) is 23.8 Å². The predicted octanol–water partition coefficient (Wildman–Crippen LogP) is 3.86. The molecule has 1 N–H and O–H groups in total. The van der Waals surface area contributed by atoms with Crippen LogP contribution in [0.2, 0.25) is 0 Å². The SMILES string of the molecule is COc1ccc(C2CCCN2C(=O)c2n[nH]c3ccc(C)cc23)cc1. The zero-order chi connectivity index (χ0) is 17.4. The van der Waals surface area contributed by atoms with Gasteiger partial charge in [-0.05, 0) is 49.6 Å². The first kappa shape index (κ1) is 15.7. The van der Waals surface area contributed by atoms with E-state index < -0.39 is 0 Å². The van der Waals surface area contributed by atoms with Crippen molar-refractivity contribution in [1.29, 1.82) is 0 Å². The molecule has 1 atom stereocenters. The number of fused-ring (bicyclic) bond motifs is 1. The van der Waals surface area contributed by atoms with E-state index in [1.165, 1.54) is 0 Å². The number of aromatic amines is 1. The lowest BCUT2D eigenvalue weighted by Crippen LogP contribution is -2.31. The van der Waals surface area contributed by atoms with Gasteiger partial charge in [-0.15, -0.1) is 0 Å². The number of aromatic nitrogens is 2. The number of carbonyl (C=O) groups excluding carboxylic acids is 1. The van der Waals surface area contributed by atoms with E-state index in [1.54, 1.807) is 7.11 Å². The van der Waals surface area contributed by atoms with Crippen molar-refractivity contribution in [2.45, 2.75) is 25.8 Å². The number of aryl methyl sites for hydroxylation is 1. The van der Waals surface area contributed by atoms with Crippen molar-refractivity contribution in [3.8, 4) is 5.75 Å². The number of ether oxygens (including phenoxy) is 1. The zero-order valence-electron chi connectivity index (χ0n) is 14.5. The average Bonchev–Trinajstić information content (AvgIpc) is 3.28. The van der Waals surface area contributed by atoms with E-state index in [0.717, 1.165) is 47.2 Å². The Morgan fingerprint density at radius 3 is 2.80 bits per heavy atom. The lowest BCUT2D eigenvalue weighted by Gasteiger charge is -2.24. The molecule has 1 unspecified atom stereocenters. The topological polar surface area (TPSA) is 58.2 Å². The minimum Gasteiger partial charge on any atom is -0.497 e. The Kier molecular flexibility index (Phi) is 3.92. The Labute approximate surface area is 146 Å². The Hall–Kier alpha value is -2.82. The number of amides is 1. The zero-order valence-corrected chi connectivity index (χ0v) is 14.5. The summed E-state index contributed by atoms with van der Waals surface area (Å²) in [5, 5.41) is 8.17. The first-order valence-electron chi connectivity index (χ1n) is 8.57. The molecule has 1 aromatic heterocycles. The van der Waals surface area contributed by atoms with E-state index in [9.17, 15) is 4.79 Å². The lowest BCUT2D eigenvalue weighted by molar-refractivity contribution is 0.0731. The van der Waals surface area contributed by atoms with Crippen molar-refractivity contribution in [3.63, 3.8) is 0 Å². The van der Waals surface area contributed by atoms with Crippen LogP contribution in [-0.2, 0) is 0 Å². The van der Waals surface area contributed by atoms with E-state index in [4.69, 9.17) is 4.74 Å². The van der Waals surface area contributed by atoms with E-state index >= 15 is 0 Å². The fraction of sp³-hybridized carbons (Fsp3) is 0.300. The second kappa shape index (κ2) is 6.24. The van der Waals surface area contributed by atoms with Gasteiger partial charge in [0.25, 0.3) is 5.91 Å². The highest BCUT2D eigenvalue weighted by Gasteiger charge is 2.32. The van der Waals surface area contributed by atoms with E-state index in [1.807, 2.05) is 54.3 Å². The maximum Gasteiger partial charge on any atom is 0.275 e. The molecule has 2 heterocycles. The summed E-state index contributed by atoms with van der Waals surface area (Å²) in [6.07, 6.45) is 1.98. The Bertz CT molecular complexity index is 914. The minimum atomic E-state index is -0.00447. The van der Waals surface area contributed by atoms with Gasteiger partial charge in [0.2, 0.25) is 0 Å². The summed E-state index contributed by atoms with van der Waals surface area (Å²) in [7, 11) is 1.66. The number of likely N-dealkylation sites (tertiary alicyclic amines) is 1. The third-order valence-electron chi connectivity index (χ3n) is 4.94. The van der Waals surface area contributed by atoms with Gasteiger partial charge in [-0.2, -0.15) is 5.10 Å². The Balaban J connectivity index is 1.66. The Morgan fingerprint density at radius 1 is 1.24 bits per heavy atom. The van der Waals surface area contributed by atoms with Crippen molar-refractivity contribution in [3.05, 3.63) is 59.3 Å². The van der Waals surface area contributed by atoms with Gasteiger partial charge in [0.05, 0.1) is 18.7 Å². The average molecular weight is 335 g/mol. The van der Waals surface area contributed by atoms with E-state index in [-0.39, 0.29) is 11.9 Å². The molecule has 4 rings (SSSR count). The van der Waals surface area contributed by atoms with Crippen LogP contribution in [0.3, 0.4) is 0 Å². The van der Waals surface area contributed by atoms with Gasteiger partial charge < -0.3 is 9.64 Å². The van der Waals surface area contributed by atoms with Crippen LogP contribution in [0.25, 0.3) is 10.9 Å². The highest BCUT2D eigenvalue weighted by Crippen LogP contribution is 2.34. The van der Waals surface area contributed by atoms with E-state index in [2.05, 4.69) is 10.2 Å². The molecule has 0 bridgehead atoms. The van der Waals surface area contributed by atoms with Crippen LogP contribution in [0.4, 0.5) is 0 Å². The molecule has 5 nitrogen and oxygen atoms in total. The minimum absolute atomic E-state index is 0.00447. The van der Waals surface area contributed by atoms with Gasteiger partial charge >= 0.3 is 0 Å². The molecule has 3 aromatic rings. The predicted molar refractivity (Wildman–Crippen MR) is 96.8 cm³/mol. The fourth-order valence-corrected chi connectivity index (χ4v) is 3.61. The van der Waals surface area contributed by atoms with Gasteiger partial charge in [-0.3, -0.25) is 9.89 Å². The van der Waals surface area contributed by atoms with Crippen LogP contribution in [-0.4, -0.2) is 34.7 Å². The molecular formula is C20H21N3O2. The number of benzene rings is 2. The molecule has 1 saturated heterocycles. The summed E-state index contributed by atoms with van der Waals surface area (Å²) in [6, 6.07) is 14.1. The number of rotatable bonds is 3. The van der Waals surface area contributed by atoms with Gasteiger partial charge in [-0.25, -0.2) is 0 Å². The number of nitrogens with zero attached hydrogens (tertiary/aromatic N) is 2. The third kappa shape index (κ3) is 2.76. The molecule has 0 aliphatic carbocycles. The number of methoxy groups -OCH3 is 1. The molecular weight excluding hydrogens is 314 g/mol. The molecule has 25 heavy (non-hydrogen) atoms. The number of hydrogen-bond donors (Lipinski definition) is 1. The number of carbonyl (C=O) groups is 1. The van der Waals surface area contributed by atoms with Crippen LogP contribution in [0.15, 0.2) is 42.5 Å². The largest absolute Gasteiger partial charge is 0.497 e. The molecule has 0 saturated carbocycles. The van der Waals surface area contributed by atoms with Crippen molar-refractivity contribution >= 4 is 16.8 Å². The third-order valence-corrected chi connectivity index (χ3v) is 4.94. The van der Waals surface area contributed by atoms with Crippen molar-refractivity contribution in [1.82, 2.24) is 15.1 Å². The highest BCUT2D eigenvalue weighted by molar-refractivity contribution is 6.05. The van der Waals surface area contributed by atoms with Gasteiger partial charge in [0.15, 0.2) is 5.69 Å². The maximum absolute atomic E-state index is 13.2. The molecule has 1 fully saturated rings. The first-order chi connectivity index (χ1) is 12.2. The monoisotopic (exact) mass is 335 g/mol. The Morgan fingerprint density at radius 2 is 2.04 bits per heavy atom. The molecule has 0 spiro atoms. The maximum atomic E-state index is 13.2. The molecule has 5 heteroatoms. The summed E-state index contributed by atoms with van der Waals surface area (Å²) in [4.78, 5) is 15.1. The standard InChI is InChI=1S/C20H21N3O2/c1-13-5-10-17-16(12-13)19(22-21-17)20(24)23-11-3-4-18(23)14-6-8-15(25-2)9-7-14/h5-10,12,18H,3-4,11H2,1-2H3,(H,21,22). The summed E-state index contributed by atoms with van der Waals surface area (Å²) < 4.78 is 5.23. The van der Waals surface area contributed by atoms with Gasteiger partial charge in [0, 0.05) is 11.9 Å². The van der Waals surface area contributed by atoms with E-state index in [0.29, 0.717) is 5.69 Å². The van der Waals surface area contributed by atoms with Crippen LogP contribution in [0.1, 0.15) is 40.5 Å². The van der Waals surface area contributed by atoms with Crippen molar-refractivity contribution in [2.24, 2.45) is 0 Å². The second-order valence-electron chi connectivity index (χ2n) is 6.55. The summed E-state index contributed by atoms with van der Waals surface area (Å²) in [6.45, 7) is 2.78. The normalized spacial score (nSPS) is 17.2. The van der Waals surface area contributed by atoms with Crippen molar-refractivity contribution in [2.75, 3.05) is 13.7 Å². The smallest absolute Gasteiger partial charge is 0.275 e. The molecule has 1 aliphatic rings. The summed E-state index contributed by atoms with van der Waals surface area (Å²) in [5.74, 6) is 0.823. The molecule has 1 amide bonds. The van der Waals surface area contributed by atoms with Crippen molar-refractivity contribution < 1.29 is 9.53 Å². The van der Waals surface area contributed by atoms with Crippen LogP contribution < -0.4 is 4.74 Å². The van der Waals surface area contributed by atoms with Gasteiger partial charge in [0.1, 0.15) is 5.75 Å². The van der Waals surface area contributed by atoms with Crippen LogP contribution in [0, 0.1) is 6.92 Å². The second-order valence-corrected chi connectivity index (χ2v) is 6.55. The first-order valence-corrected chi connectivity index (χ1v) is 8.57. The summed E-state index contributed by atoms with van der Waals surface area (Å²) >= 11 is 0.